The van der Waals surface area contributed by atoms with E-state index in [2.05, 4.69) is 23.6 Å². The largest absolute Gasteiger partial charge is 0.355 e. The molecule has 1 aliphatic heterocycles. The number of thioether (sulfide) groups is 1. The number of allylic oxidation sites excluding steroid dienone is 1. The second-order valence-corrected chi connectivity index (χ2v) is 7.05. The van der Waals surface area contributed by atoms with Gasteiger partial charge in [0, 0.05) is 18.9 Å². The number of hydrogen-bond acceptors (Lipinski definition) is 4. The van der Waals surface area contributed by atoms with Gasteiger partial charge >= 0.3 is 0 Å². The van der Waals surface area contributed by atoms with Crippen molar-refractivity contribution in [3.63, 3.8) is 0 Å². The highest BCUT2D eigenvalue weighted by Gasteiger charge is 2.29. The number of benzene rings is 1. The van der Waals surface area contributed by atoms with E-state index in [0.29, 0.717) is 17.1 Å². The van der Waals surface area contributed by atoms with Gasteiger partial charge in [-0.1, -0.05) is 54.9 Å². The molecule has 1 aromatic rings. The SMILES string of the molecule is CCCCNC(=O)CSC1=C(C#N)[C@H](c2ccc(C)cc2)CC(=O)N1. The van der Waals surface area contributed by atoms with Crippen molar-refractivity contribution in [2.75, 3.05) is 12.3 Å². The first-order valence-corrected chi connectivity index (χ1v) is 9.43. The van der Waals surface area contributed by atoms with Crippen LogP contribution in [0.15, 0.2) is 34.9 Å². The molecule has 0 unspecified atom stereocenters. The van der Waals surface area contributed by atoms with E-state index >= 15 is 0 Å². The van der Waals surface area contributed by atoms with Gasteiger partial charge in [0.25, 0.3) is 0 Å². The van der Waals surface area contributed by atoms with Crippen LogP contribution in [0.1, 0.15) is 43.2 Å². The molecule has 0 spiro atoms. The molecule has 1 heterocycles. The normalized spacial score (nSPS) is 17.0. The topological polar surface area (TPSA) is 82.0 Å². The monoisotopic (exact) mass is 357 g/mol. The van der Waals surface area contributed by atoms with E-state index in [1.54, 1.807) is 0 Å². The van der Waals surface area contributed by atoms with E-state index in [0.717, 1.165) is 24.0 Å². The average Bonchev–Trinajstić information content (AvgIpc) is 2.60. The van der Waals surface area contributed by atoms with Crippen molar-refractivity contribution >= 4 is 23.6 Å². The van der Waals surface area contributed by atoms with Crippen molar-refractivity contribution in [3.05, 3.63) is 46.0 Å². The molecule has 0 bridgehead atoms. The predicted octanol–water partition coefficient (Wildman–Crippen LogP) is 2.98. The quantitative estimate of drug-likeness (QED) is 0.735. The van der Waals surface area contributed by atoms with E-state index in [-0.39, 0.29) is 29.9 Å². The Morgan fingerprint density at radius 2 is 2.12 bits per heavy atom. The van der Waals surface area contributed by atoms with E-state index in [1.807, 2.05) is 31.2 Å². The molecular formula is C19H23N3O2S. The summed E-state index contributed by atoms with van der Waals surface area (Å²) in [4.78, 5) is 23.9. The fourth-order valence-electron chi connectivity index (χ4n) is 2.61. The third kappa shape index (κ3) is 5.36. The van der Waals surface area contributed by atoms with Crippen molar-refractivity contribution in [2.45, 2.75) is 39.0 Å². The smallest absolute Gasteiger partial charge is 0.230 e. The summed E-state index contributed by atoms with van der Waals surface area (Å²) in [5.41, 5.74) is 2.60. The van der Waals surface area contributed by atoms with Gasteiger partial charge in [-0.3, -0.25) is 9.59 Å². The third-order valence-electron chi connectivity index (χ3n) is 4.04. The average molecular weight is 357 g/mol. The highest BCUT2D eigenvalue weighted by Crippen LogP contribution is 2.35. The van der Waals surface area contributed by atoms with Crippen molar-refractivity contribution in [1.29, 1.82) is 5.26 Å². The van der Waals surface area contributed by atoms with Gasteiger partial charge in [-0.2, -0.15) is 5.26 Å². The molecule has 2 N–H and O–H groups in total. The lowest BCUT2D eigenvalue weighted by Gasteiger charge is -2.25. The van der Waals surface area contributed by atoms with Gasteiger partial charge in [0.05, 0.1) is 22.4 Å². The Morgan fingerprint density at radius 3 is 2.76 bits per heavy atom. The van der Waals surface area contributed by atoms with Crippen LogP contribution < -0.4 is 10.6 Å². The van der Waals surface area contributed by atoms with Crippen LogP contribution >= 0.6 is 11.8 Å². The minimum Gasteiger partial charge on any atom is -0.355 e. The first kappa shape index (κ1) is 19.1. The van der Waals surface area contributed by atoms with Crippen molar-refractivity contribution in [1.82, 2.24) is 10.6 Å². The number of carbonyl (C=O) groups excluding carboxylic acids is 2. The molecule has 6 heteroatoms. The summed E-state index contributed by atoms with van der Waals surface area (Å²) in [6.45, 7) is 4.71. The first-order valence-electron chi connectivity index (χ1n) is 8.45. The van der Waals surface area contributed by atoms with Gasteiger partial charge in [-0.05, 0) is 18.9 Å². The maximum Gasteiger partial charge on any atom is 0.230 e. The highest BCUT2D eigenvalue weighted by molar-refractivity contribution is 8.03. The third-order valence-corrected chi connectivity index (χ3v) is 5.05. The van der Waals surface area contributed by atoms with Gasteiger partial charge in [0.15, 0.2) is 0 Å². The molecule has 0 fully saturated rings. The number of carbonyl (C=O) groups is 2. The molecule has 1 aliphatic rings. The lowest BCUT2D eigenvalue weighted by atomic mass is 9.87. The van der Waals surface area contributed by atoms with Crippen LogP contribution in [0.3, 0.4) is 0 Å². The summed E-state index contributed by atoms with van der Waals surface area (Å²) in [6, 6.07) is 10.1. The number of rotatable bonds is 7. The van der Waals surface area contributed by atoms with Crippen molar-refractivity contribution < 1.29 is 9.59 Å². The number of aryl methyl sites for hydroxylation is 1. The van der Waals surface area contributed by atoms with Crippen molar-refractivity contribution in [3.8, 4) is 6.07 Å². The Balaban J connectivity index is 2.13. The molecule has 0 aromatic heterocycles. The van der Waals surface area contributed by atoms with Gasteiger partial charge < -0.3 is 10.6 Å². The van der Waals surface area contributed by atoms with E-state index in [9.17, 15) is 14.9 Å². The molecule has 0 aliphatic carbocycles. The summed E-state index contributed by atoms with van der Waals surface area (Å²) >= 11 is 1.21. The minimum atomic E-state index is -0.259. The predicted molar refractivity (Wildman–Crippen MR) is 99.7 cm³/mol. The zero-order valence-corrected chi connectivity index (χ0v) is 15.4. The molecular weight excluding hydrogens is 334 g/mol. The maximum absolute atomic E-state index is 12.1. The fourth-order valence-corrected chi connectivity index (χ4v) is 3.52. The standard InChI is InChI=1S/C19H23N3O2S/c1-3-4-9-21-18(24)12-25-19-16(11-20)15(10-17(23)22-19)14-7-5-13(2)6-8-14/h5-8,15H,3-4,9-10,12H2,1-2H3,(H,21,24)(H,22,23)/t15-/m0/s1. The Bertz CT molecular complexity index is 704. The van der Waals surface area contributed by atoms with Crippen LogP contribution in [0.2, 0.25) is 0 Å². The van der Waals surface area contributed by atoms with Crippen LogP contribution in [-0.2, 0) is 9.59 Å². The molecule has 0 saturated carbocycles. The number of hydrogen-bond donors (Lipinski definition) is 2. The maximum atomic E-state index is 12.1. The Labute approximate surface area is 152 Å². The van der Waals surface area contributed by atoms with Crippen LogP contribution in [0, 0.1) is 18.3 Å². The lowest BCUT2D eigenvalue weighted by molar-refractivity contribution is -0.121. The van der Waals surface area contributed by atoms with E-state index in [4.69, 9.17) is 0 Å². The Kier molecular flexibility index (Phi) is 7.08. The minimum absolute atomic E-state index is 0.0880. The molecule has 5 nitrogen and oxygen atoms in total. The van der Waals surface area contributed by atoms with Gasteiger partial charge in [-0.15, -0.1) is 0 Å². The second-order valence-electron chi connectivity index (χ2n) is 6.06. The summed E-state index contributed by atoms with van der Waals surface area (Å²) in [5, 5.41) is 15.7. The fraction of sp³-hybridized carbons (Fsp3) is 0.421. The molecule has 132 valence electrons. The van der Waals surface area contributed by atoms with Gasteiger partial charge in [0.1, 0.15) is 0 Å². The molecule has 0 saturated heterocycles. The molecule has 1 atom stereocenters. The van der Waals surface area contributed by atoms with Crippen LogP contribution in [0.25, 0.3) is 0 Å². The molecule has 2 amide bonds. The first-order chi connectivity index (χ1) is 12.0. The van der Waals surface area contributed by atoms with Crippen LogP contribution in [-0.4, -0.2) is 24.1 Å². The van der Waals surface area contributed by atoms with Gasteiger partial charge in [-0.25, -0.2) is 0 Å². The number of amides is 2. The Morgan fingerprint density at radius 1 is 1.40 bits per heavy atom. The lowest BCUT2D eigenvalue weighted by Crippen LogP contribution is -2.32. The number of nitriles is 1. The highest BCUT2D eigenvalue weighted by atomic mass is 32.2. The molecule has 25 heavy (non-hydrogen) atoms. The van der Waals surface area contributed by atoms with E-state index in [1.165, 1.54) is 11.8 Å². The van der Waals surface area contributed by atoms with Gasteiger partial charge in [0.2, 0.25) is 11.8 Å². The summed E-state index contributed by atoms with van der Waals surface area (Å²) in [6.07, 6.45) is 2.21. The zero-order chi connectivity index (χ0) is 18.2. The molecule has 0 radical (unpaired) electrons. The Hall–Kier alpha value is -2.26. The molecule has 1 aromatic carbocycles. The molecule has 2 rings (SSSR count). The van der Waals surface area contributed by atoms with Crippen LogP contribution in [0.4, 0.5) is 0 Å². The van der Waals surface area contributed by atoms with Crippen LogP contribution in [0.5, 0.6) is 0 Å². The van der Waals surface area contributed by atoms with Crippen molar-refractivity contribution in [2.24, 2.45) is 0 Å². The number of unbranched alkanes of at least 4 members (excludes halogenated alkanes) is 1. The zero-order valence-electron chi connectivity index (χ0n) is 14.6. The van der Waals surface area contributed by atoms with E-state index < -0.39 is 0 Å². The number of nitrogens with zero attached hydrogens (tertiary/aromatic N) is 1. The summed E-state index contributed by atoms with van der Waals surface area (Å²) in [5.74, 6) is -0.288. The summed E-state index contributed by atoms with van der Waals surface area (Å²) < 4.78 is 0. The summed E-state index contributed by atoms with van der Waals surface area (Å²) in [7, 11) is 0. The number of nitrogens with one attached hydrogen (secondary N) is 2. The second kappa shape index (κ2) is 9.28.